The number of halogens is 1. The van der Waals surface area contributed by atoms with Crippen molar-refractivity contribution >= 4 is 33.6 Å². The van der Waals surface area contributed by atoms with Crippen LogP contribution in [0.3, 0.4) is 0 Å². The third-order valence-corrected chi connectivity index (χ3v) is 2.41. The molecule has 1 aromatic carbocycles. The molecule has 0 aliphatic rings. The van der Waals surface area contributed by atoms with Crippen molar-refractivity contribution in [2.75, 3.05) is 0 Å². The number of hydrogen-bond acceptors (Lipinski definition) is 3. The Morgan fingerprint density at radius 3 is 1.67 bits per heavy atom. The van der Waals surface area contributed by atoms with E-state index in [0.717, 1.165) is 10.5 Å². The summed E-state index contributed by atoms with van der Waals surface area (Å²) in [6.45, 7) is 9.38. The molecular formula is C15H16BrNO4. The summed E-state index contributed by atoms with van der Waals surface area (Å²) in [7, 11) is 0. The third kappa shape index (κ3) is 12.3. The zero-order valence-corrected chi connectivity index (χ0v) is 12.9. The van der Waals surface area contributed by atoms with Crippen LogP contribution in [0.5, 0.6) is 0 Å². The number of primary amides is 1. The molecule has 1 amide bonds. The van der Waals surface area contributed by atoms with Gasteiger partial charge in [-0.05, 0) is 40.2 Å². The van der Waals surface area contributed by atoms with Crippen molar-refractivity contribution in [3.8, 4) is 0 Å². The standard InChI is InChI=1S/C7H6BrNO.C5H6O.C3H4O2/c8-6-4-2-1-3-5(6)7(9)10;1-3-5(6)4-2;1-2-3(4)5/h1-4H,(H2,9,10);3-4H,1-2H2;2H,1H2,(H,4,5). The molecule has 0 aromatic heterocycles. The molecule has 6 heteroatoms. The van der Waals surface area contributed by atoms with E-state index in [2.05, 4.69) is 35.7 Å². The number of allylic oxidation sites excluding steroid dienone is 2. The molecule has 0 bridgehead atoms. The van der Waals surface area contributed by atoms with E-state index < -0.39 is 11.9 Å². The summed E-state index contributed by atoms with van der Waals surface area (Å²) in [4.78, 5) is 29.8. The van der Waals surface area contributed by atoms with Crippen LogP contribution in [-0.4, -0.2) is 22.8 Å². The third-order valence-electron chi connectivity index (χ3n) is 1.72. The van der Waals surface area contributed by atoms with Gasteiger partial charge in [-0.2, -0.15) is 0 Å². The van der Waals surface area contributed by atoms with Gasteiger partial charge in [-0.3, -0.25) is 9.59 Å². The Morgan fingerprint density at radius 1 is 1.05 bits per heavy atom. The van der Waals surface area contributed by atoms with Crippen LogP contribution in [0.15, 0.2) is 66.7 Å². The lowest BCUT2D eigenvalue weighted by Crippen LogP contribution is -2.11. The summed E-state index contributed by atoms with van der Waals surface area (Å²) >= 11 is 3.20. The average molecular weight is 354 g/mol. The van der Waals surface area contributed by atoms with Crippen LogP contribution in [0.2, 0.25) is 0 Å². The van der Waals surface area contributed by atoms with Crippen LogP contribution in [-0.2, 0) is 9.59 Å². The van der Waals surface area contributed by atoms with Crippen LogP contribution in [0, 0.1) is 0 Å². The molecule has 0 saturated carbocycles. The van der Waals surface area contributed by atoms with E-state index in [1.807, 2.05) is 6.07 Å². The van der Waals surface area contributed by atoms with Gasteiger partial charge in [-0.15, -0.1) is 0 Å². The molecule has 0 spiro atoms. The van der Waals surface area contributed by atoms with Crippen molar-refractivity contribution in [2.24, 2.45) is 5.73 Å². The molecule has 0 heterocycles. The highest BCUT2D eigenvalue weighted by Crippen LogP contribution is 2.14. The molecule has 21 heavy (non-hydrogen) atoms. The molecule has 0 radical (unpaired) electrons. The zero-order chi connectivity index (χ0) is 16.8. The minimum absolute atomic E-state index is 0.130. The van der Waals surface area contributed by atoms with E-state index in [1.54, 1.807) is 18.2 Å². The maximum atomic E-state index is 10.6. The van der Waals surface area contributed by atoms with Crippen molar-refractivity contribution in [1.82, 2.24) is 0 Å². The normalized spacial score (nSPS) is 7.86. The topological polar surface area (TPSA) is 97.5 Å². The number of carbonyl (C=O) groups is 3. The highest BCUT2D eigenvalue weighted by atomic mass is 79.9. The predicted octanol–water partition coefficient (Wildman–Crippen LogP) is 2.73. The van der Waals surface area contributed by atoms with Gasteiger partial charge in [-0.25, -0.2) is 4.79 Å². The van der Waals surface area contributed by atoms with E-state index in [1.165, 1.54) is 12.2 Å². The highest BCUT2D eigenvalue weighted by molar-refractivity contribution is 9.10. The zero-order valence-electron chi connectivity index (χ0n) is 11.3. The Labute approximate surface area is 131 Å². The number of rotatable bonds is 4. The molecule has 0 atom stereocenters. The Kier molecular flexibility index (Phi) is 12.5. The summed E-state index contributed by atoms with van der Waals surface area (Å²) in [5.41, 5.74) is 5.56. The highest BCUT2D eigenvalue weighted by Gasteiger charge is 2.02. The summed E-state index contributed by atoms with van der Waals surface area (Å²) in [6, 6.07) is 7.05. The van der Waals surface area contributed by atoms with E-state index in [-0.39, 0.29) is 5.78 Å². The molecule has 1 aromatic rings. The van der Waals surface area contributed by atoms with Gasteiger partial charge in [0.05, 0.1) is 5.56 Å². The first kappa shape index (κ1) is 20.8. The number of nitrogens with two attached hydrogens (primary N) is 1. The Hall–Kier alpha value is -2.47. The molecule has 0 aliphatic heterocycles. The summed E-state index contributed by atoms with van der Waals surface area (Å²) in [6.07, 6.45) is 3.26. The van der Waals surface area contributed by atoms with Gasteiger partial charge < -0.3 is 10.8 Å². The largest absolute Gasteiger partial charge is 0.478 e. The SMILES string of the molecule is C=CC(=O)C=C.C=CC(=O)O.NC(=O)c1ccccc1Br. The van der Waals surface area contributed by atoms with Gasteiger partial charge in [0, 0.05) is 10.5 Å². The van der Waals surface area contributed by atoms with Crippen molar-refractivity contribution in [3.05, 3.63) is 72.3 Å². The Bertz CT molecular complexity index is 528. The fourth-order valence-electron chi connectivity index (χ4n) is 0.744. The summed E-state index contributed by atoms with van der Waals surface area (Å²) < 4.78 is 0.738. The lowest BCUT2D eigenvalue weighted by atomic mass is 10.2. The second-order valence-corrected chi connectivity index (χ2v) is 4.05. The molecule has 0 aliphatic carbocycles. The molecule has 0 fully saturated rings. The number of carboxylic acids is 1. The van der Waals surface area contributed by atoms with Crippen molar-refractivity contribution < 1.29 is 19.5 Å². The van der Waals surface area contributed by atoms with Gasteiger partial charge in [0.25, 0.3) is 0 Å². The minimum atomic E-state index is -0.981. The summed E-state index contributed by atoms with van der Waals surface area (Å²) in [5, 5.41) is 7.60. The predicted molar refractivity (Wildman–Crippen MR) is 85.9 cm³/mol. The number of amides is 1. The van der Waals surface area contributed by atoms with E-state index in [4.69, 9.17) is 10.8 Å². The molecule has 112 valence electrons. The number of benzene rings is 1. The van der Waals surface area contributed by atoms with Gasteiger partial charge in [0.15, 0.2) is 5.78 Å². The molecule has 0 saturated heterocycles. The van der Waals surface area contributed by atoms with E-state index in [0.29, 0.717) is 5.56 Å². The number of carboxylic acid groups (broad SMARTS) is 1. The molecule has 1 rings (SSSR count). The van der Waals surface area contributed by atoms with Gasteiger partial charge in [0.1, 0.15) is 0 Å². The fourth-order valence-corrected chi connectivity index (χ4v) is 1.22. The first-order valence-electron chi connectivity index (χ1n) is 5.48. The van der Waals surface area contributed by atoms with Crippen LogP contribution in [0.4, 0.5) is 0 Å². The van der Waals surface area contributed by atoms with Gasteiger partial charge in [-0.1, -0.05) is 31.9 Å². The van der Waals surface area contributed by atoms with Gasteiger partial charge in [0.2, 0.25) is 5.91 Å². The van der Waals surface area contributed by atoms with Crippen LogP contribution in [0.1, 0.15) is 10.4 Å². The van der Waals surface area contributed by atoms with Gasteiger partial charge >= 0.3 is 5.97 Å². The Balaban J connectivity index is 0. The Morgan fingerprint density at radius 2 is 1.48 bits per heavy atom. The van der Waals surface area contributed by atoms with E-state index in [9.17, 15) is 14.4 Å². The maximum absolute atomic E-state index is 10.6. The fraction of sp³-hybridized carbons (Fsp3) is 0. The number of ketones is 1. The average Bonchev–Trinajstić information content (AvgIpc) is 2.47. The lowest BCUT2D eigenvalue weighted by molar-refractivity contribution is -0.131. The second-order valence-electron chi connectivity index (χ2n) is 3.20. The molecule has 0 unspecified atom stereocenters. The van der Waals surface area contributed by atoms with E-state index >= 15 is 0 Å². The van der Waals surface area contributed by atoms with Crippen LogP contribution < -0.4 is 5.73 Å². The maximum Gasteiger partial charge on any atom is 0.327 e. The minimum Gasteiger partial charge on any atom is -0.478 e. The van der Waals surface area contributed by atoms with Crippen LogP contribution >= 0.6 is 15.9 Å². The lowest BCUT2D eigenvalue weighted by Gasteiger charge is -1.95. The smallest absolute Gasteiger partial charge is 0.327 e. The van der Waals surface area contributed by atoms with Crippen molar-refractivity contribution in [1.29, 1.82) is 0 Å². The molecular weight excluding hydrogens is 338 g/mol. The number of carbonyl (C=O) groups excluding carboxylic acids is 2. The summed E-state index contributed by atoms with van der Waals surface area (Å²) in [5.74, 6) is -1.52. The number of hydrogen-bond donors (Lipinski definition) is 2. The van der Waals surface area contributed by atoms with Crippen molar-refractivity contribution in [2.45, 2.75) is 0 Å². The first-order valence-corrected chi connectivity index (χ1v) is 6.27. The first-order chi connectivity index (χ1) is 9.79. The molecule has 3 N–H and O–H groups in total. The van der Waals surface area contributed by atoms with Crippen LogP contribution in [0.25, 0.3) is 0 Å². The monoisotopic (exact) mass is 353 g/mol. The van der Waals surface area contributed by atoms with Crippen molar-refractivity contribution in [3.63, 3.8) is 0 Å². The molecule has 5 nitrogen and oxygen atoms in total. The second kappa shape index (κ2) is 12.6. The quantitative estimate of drug-likeness (QED) is 0.813. The number of aliphatic carboxylic acids is 1.